The Labute approximate surface area is 118 Å². The summed E-state index contributed by atoms with van der Waals surface area (Å²) in [6.07, 6.45) is 0.467. The smallest absolute Gasteiger partial charge is 0.311 e. The van der Waals surface area contributed by atoms with Gasteiger partial charge in [-0.25, -0.2) is 0 Å². The van der Waals surface area contributed by atoms with Crippen molar-refractivity contribution in [2.45, 2.75) is 26.3 Å². The lowest BCUT2D eigenvalue weighted by molar-refractivity contribution is -0.147. The van der Waals surface area contributed by atoms with Crippen molar-refractivity contribution < 1.29 is 14.7 Å². The van der Waals surface area contributed by atoms with Gasteiger partial charge in [0.05, 0.1) is 5.41 Å². The van der Waals surface area contributed by atoms with E-state index in [1.165, 1.54) is 0 Å². The standard InChI is InChI=1S/C15H20N2O3/c1-10-3-5-11(6-4-10)12(16)13(18)17-8-7-15(2,9-17)14(19)20/h3-6,12H,7-9,16H2,1-2H3,(H,19,20). The van der Waals surface area contributed by atoms with Crippen LogP contribution in [0.3, 0.4) is 0 Å². The zero-order valence-electron chi connectivity index (χ0n) is 11.8. The Kier molecular flexibility index (Phi) is 3.81. The predicted molar refractivity (Wildman–Crippen MR) is 75.0 cm³/mol. The van der Waals surface area contributed by atoms with Gasteiger partial charge >= 0.3 is 5.97 Å². The fraction of sp³-hybridized carbons (Fsp3) is 0.467. The highest BCUT2D eigenvalue weighted by atomic mass is 16.4. The second-order valence-corrected chi connectivity index (χ2v) is 5.76. The Morgan fingerprint density at radius 2 is 1.95 bits per heavy atom. The number of carboxylic acids is 1. The molecule has 0 aromatic heterocycles. The van der Waals surface area contributed by atoms with Gasteiger partial charge < -0.3 is 15.7 Å². The van der Waals surface area contributed by atoms with Crippen LogP contribution in [0.25, 0.3) is 0 Å². The molecule has 0 bridgehead atoms. The summed E-state index contributed by atoms with van der Waals surface area (Å²) < 4.78 is 0. The number of carbonyl (C=O) groups excluding carboxylic acids is 1. The zero-order chi connectivity index (χ0) is 14.9. The van der Waals surface area contributed by atoms with Crippen LogP contribution >= 0.6 is 0 Å². The summed E-state index contributed by atoms with van der Waals surface area (Å²) in [4.78, 5) is 25.1. The van der Waals surface area contributed by atoms with E-state index in [1.54, 1.807) is 11.8 Å². The van der Waals surface area contributed by atoms with Crippen molar-refractivity contribution in [3.05, 3.63) is 35.4 Å². The van der Waals surface area contributed by atoms with Crippen molar-refractivity contribution >= 4 is 11.9 Å². The van der Waals surface area contributed by atoms with Gasteiger partial charge in [-0.05, 0) is 25.8 Å². The van der Waals surface area contributed by atoms with Crippen LogP contribution in [0.5, 0.6) is 0 Å². The summed E-state index contributed by atoms with van der Waals surface area (Å²) in [6, 6.07) is 6.77. The molecular weight excluding hydrogens is 256 g/mol. The lowest BCUT2D eigenvalue weighted by Gasteiger charge is -2.23. The molecule has 1 aromatic carbocycles. The molecule has 1 amide bonds. The van der Waals surface area contributed by atoms with Crippen LogP contribution in [0.15, 0.2) is 24.3 Å². The van der Waals surface area contributed by atoms with Crippen molar-refractivity contribution in [3.8, 4) is 0 Å². The number of rotatable bonds is 3. The van der Waals surface area contributed by atoms with E-state index >= 15 is 0 Å². The molecule has 2 rings (SSSR count). The second kappa shape index (κ2) is 5.25. The predicted octanol–water partition coefficient (Wildman–Crippen LogP) is 1.32. The number of aliphatic carboxylic acids is 1. The van der Waals surface area contributed by atoms with Crippen LogP contribution in [0.4, 0.5) is 0 Å². The van der Waals surface area contributed by atoms with Crippen molar-refractivity contribution in [2.24, 2.45) is 11.1 Å². The molecule has 1 aliphatic rings. The maximum absolute atomic E-state index is 12.3. The van der Waals surface area contributed by atoms with E-state index in [0.29, 0.717) is 13.0 Å². The third kappa shape index (κ3) is 2.67. The molecule has 2 atom stereocenters. The van der Waals surface area contributed by atoms with Gasteiger partial charge in [-0.15, -0.1) is 0 Å². The van der Waals surface area contributed by atoms with E-state index in [0.717, 1.165) is 11.1 Å². The Hall–Kier alpha value is -1.88. The SMILES string of the molecule is Cc1ccc(C(N)C(=O)N2CCC(C)(C(=O)O)C2)cc1. The molecule has 20 heavy (non-hydrogen) atoms. The Morgan fingerprint density at radius 1 is 1.35 bits per heavy atom. The first-order valence-corrected chi connectivity index (χ1v) is 6.68. The first-order valence-electron chi connectivity index (χ1n) is 6.68. The number of amides is 1. The van der Waals surface area contributed by atoms with Gasteiger partial charge in [-0.3, -0.25) is 9.59 Å². The Morgan fingerprint density at radius 3 is 2.45 bits per heavy atom. The fourth-order valence-corrected chi connectivity index (χ4v) is 2.44. The highest BCUT2D eigenvalue weighted by Crippen LogP contribution is 2.31. The third-order valence-electron chi connectivity index (χ3n) is 4.00. The van der Waals surface area contributed by atoms with Crippen LogP contribution in [-0.2, 0) is 9.59 Å². The van der Waals surface area contributed by atoms with E-state index in [4.69, 9.17) is 5.73 Å². The molecule has 1 aliphatic heterocycles. The average molecular weight is 276 g/mol. The average Bonchev–Trinajstić information content (AvgIpc) is 2.82. The molecular formula is C15H20N2O3. The van der Waals surface area contributed by atoms with Gasteiger partial charge in [0, 0.05) is 13.1 Å². The summed E-state index contributed by atoms with van der Waals surface area (Å²) in [5.41, 5.74) is 6.99. The number of benzene rings is 1. The Bertz CT molecular complexity index is 526. The molecule has 3 N–H and O–H groups in total. The van der Waals surface area contributed by atoms with Gasteiger partial charge in [-0.2, -0.15) is 0 Å². The van der Waals surface area contributed by atoms with E-state index in [-0.39, 0.29) is 12.5 Å². The number of nitrogens with zero attached hydrogens (tertiary/aromatic N) is 1. The summed E-state index contributed by atoms with van der Waals surface area (Å²) in [5.74, 6) is -1.07. The highest BCUT2D eigenvalue weighted by Gasteiger charge is 2.43. The van der Waals surface area contributed by atoms with Gasteiger partial charge in [-0.1, -0.05) is 29.8 Å². The van der Waals surface area contributed by atoms with E-state index in [1.807, 2.05) is 31.2 Å². The molecule has 0 radical (unpaired) electrons. The summed E-state index contributed by atoms with van der Waals surface area (Å²) in [7, 11) is 0. The van der Waals surface area contributed by atoms with Gasteiger partial charge in [0.25, 0.3) is 0 Å². The minimum absolute atomic E-state index is 0.209. The normalized spacial score (nSPS) is 23.6. The molecule has 1 heterocycles. The third-order valence-corrected chi connectivity index (χ3v) is 4.00. The molecule has 2 unspecified atom stereocenters. The van der Waals surface area contributed by atoms with E-state index < -0.39 is 17.4 Å². The fourth-order valence-electron chi connectivity index (χ4n) is 2.44. The zero-order valence-corrected chi connectivity index (χ0v) is 11.8. The van der Waals surface area contributed by atoms with Crippen LogP contribution in [0.2, 0.25) is 0 Å². The van der Waals surface area contributed by atoms with Crippen molar-refractivity contribution in [3.63, 3.8) is 0 Å². The quantitative estimate of drug-likeness (QED) is 0.872. The molecule has 5 nitrogen and oxygen atoms in total. The summed E-state index contributed by atoms with van der Waals surface area (Å²) in [5, 5.41) is 9.19. The Balaban J connectivity index is 2.09. The monoisotopic (exact) mass is 276 g/mol. The molecule has 5 heteroatoms. The number of nitrogens with two attached hydrogens (primary N) is 1. The lowest BCUT2D eigenvalue weighted by atomic mass is 9.90. The minimum Gasteiger partial charge on any atom is -0.481 e. The van der Waals surface area contributed by atoms with E-state index in [9.17, 15) is 14.7 Å². The van der Waals surface area contributed by atoms with Crippen molar-refractivity contribution in [1.29, 1.82) is 0 Å². The largest absolute Gasteiger partial charge is 0.481 e. The van der Waals surface area contributed by atoms with Gasteiger partial charge in [0.2, 0.25) is 5.91 Å². The summed E-state index contributed by atoms with van der Waals surface area (Å²) >= 11 is 0. The topological polar surface area (TPSA) is 83.6 Å². The number of carboxylic acid groups (broad SMARTS) is 1. The van der Waals surface area contributed by atoms with Crippen molar-refractivity contribution in [2.75, 3.05) is 13.1 Å². The van der Waals surface area contributed by atoms with Gasteiger partial charge in [0.15, 0.2) is 0 Å². The molecule has 1 saturated heterocycles. The first-order chi connectivity index (χ1) is 9.33. The van der Waals surface area contributed by atoms with E-state index in [2.05, 4.69) is 0 Å². The van der Waals surface area contributed by atoms with Crippen molar-refractivity contribution in [1.82, 2.24) is 4.90 Å². The van der Waals surface area contributed by atoms with Crippen LogP contribution in [0.1, 0.15) is 30.5 Å². The lowest BCUT2D eigenvalue weighted by Crippen LogP contribution is -2.39. The molecule has 0 spiro atoms. The number of hydrogen-bond acceptors (Lipinski definition) is 3. The van der Waals surface area contributed by atoms with Crippen LogP contribution < -0.4 is 5.73 Å². The molecule has 1 aromatic rings. The summed E-state index contributed by atoms with van der Waals surface area (Å²) in [6.45, 7) is 4.30. The number of aryl methyl sites for hydroxylation is 1. The molecule has 108 valence electrons. The number of carbonyl (C=O) groups is 2. The molecule has 1 fully saturated rings. The highest BCUT2D eigenvalue weighted by molar-refractivity contribution is 5.85. The van der Waals surface area contributed by atoms with Crippen LogP contribution in [0, 0.1) is 12.3 Å². The maximum Gasteiger partial charge on any atom is 0.311 e. The second-order valence-electron chi connectivity index (χ2n) is 5.76. The molecule has 0 saturated carbocycles. The molecule has 0 aliphatic carbocycles. The van der Waals surface area contributed by atoms with Crippen LogP contribution in [-0.4, -0.2) is 35.0 Å². The maximum atomic E-state index is 12.3. The number of hydrogen-bond donors (Lipinski definition) is 2. The minimum atomic E-state index is -0.864. The first kappa shape index (κ1) is 14.5. The number of likely N-dealkylation sites (tertiary alicyclic amines) is 1. The van der Waals surface area contributed by atoms with Gasteiger partial charge in [0.1, 0.15) is 6.04 Å².